The zero-order chi connectivity index (χ0) is 14.8. The van der Waals surface area contributed by atoms with Gasteiger partial charge in [-0.15, -0.1) is 24.0 Å². The number of hydrogen-bond acceptors (Lipinski definition) is 3. The molecule has 1 aliphatic heterocycles. The lowest BCUT2D eigenvalue weighted by Gasteiger charge is -2.34. The summed E-state index contributed by atoms with van der Waals surface area (Å²) in [6, 6.07) is 0. The van der Waals surface area contributed by atoms with Crippen molar-refractivity contribution < 1.29 is 4.74 Å². The van der Waals surface area contributed by atoms with Gasteiger partial charge in [0.25, 0.3) is 0 Å². The van der Waals surface area contributed by atoms with Crippen molar-refractivity contribution in [3.05, 3.63) is 0 Å². The monoisotopic (exact) mass is 429 g/mol. The fourth-order valence-corrected chi connectivity index (χ4v) is 3.13. The standard InChI is InChI=1S/C15H31N3OS.HI/c1-5-7-10-18(3)14(16-6-2)17-13-15(20-4)8-11-19-12-9-15;/h5-13H2,1-4H3,(H,16,17);1H. The van der Waals surface area contributed by atoms with Crippen LogP contribution in [-0.4, -0.2) is 61.8 Å². The van der Waals surface area contributed by atoms with Crippen LogP contribution in [0.1, 0.15) is 39.5 Å². The molecule has 0 radical (unpaired) electrons. The number of unbranched alkanes of at least 4 members (excludes halogenated alkanes) is 1. The Morgan fingerprint density at radius 2 is 2.00 bits per heavy atom. The molecule has 0 aromatic carbocycles. The van der Waals surface area contributed by atoms with E-state index < -0.39 is 0 Å². The molecule has 0 amide bonds. The van der Waals surface area contributed by atoms with Gasteiger partial charge in [-0.2, -0.15) is 11.8 Å². The first-order valence-corrected chi connectivity index (χ1v) is 9.02. The van der Waals surface area contributed by atoms with Crippen LogP contribution in [0.25, 0.3) is 0 Å². The molecule has 1 N–H and O–H groups in total. The summed E-state index contributed by atoms with van der Waals surface area (Å²) in [6.07, 6.45) is 6.85. The van der Waals surface area contributed by atoms with E-state index in [1.54, 1.807) is 0 Å². The van der Waals surface area contributed by atoms with Crippen LogP contribution in [0.5, 0.6) is 0 Å². The predicted molar refractivity (Wildman–Crippen MR) is 105 cm³/mol. The molecule has 1 saturated heterocycles. The zero-order valence-corrected chi connectivity index (χ0v) is 17.1. The summed E-state index contributed by atoms with van der Waals surface area (Å²) in [6.45, 7) is 8.97. The van der Waals surface area contributed by atoms with Gasteiger partial charge in [0.2, 0.25) is 0 Å². The molecule has 1 fully saturated rings. The van der Waals surface area contributed by atoms with Crippen LogP contribution in [-0.2, 0) is 4.74 Å². The fourth-order valence-electron chi connectivity index (χ4n) is 2.36. The molecular weight excluding hydrogens is 397 g/mol. The molecule has 0 unspecified atom stereocenters. The summed E-state index contributed by atoms with van der Waals surface area (Å²) in [5.74, 6) is 1.04. The first-order valence-electron chi connectivity index (χ1n) is 7.80. The molecule has 0 aliphatic carbocycles. The summed E-state index contributed by atoms with van der Waals surface area (Å²) in [5.41, 5.74) is 0. The Hall–Kier alpha value is 0.310. The minimum Gasteiger partial charge on any atom is -0.381 e. The molecule has 0 saturated carbocycles. The maximum absolute atomic E-state index is 5.49. The van der Waals surface area contributed by atoms with Gasteiger partial charge in [-0.3, -0.25) is 4.99 Å². The number of thioether (sulfide) groups is 1. The molecular formula is C15H32IN3OS. The van der Waals surface area contributed by atoms with E-state index in [2.05, 4.69) is 37.4 Å². The van der Waals surface area contributed by atoms with E-state index in [1.165, 1.54) is 12.8 Å². The number of guanidine groups is 1. The molecule has 1 heterocycles. The number of rotatable bonds is 7. The van der Waals surface area contributed by atoms with Crippen LogP contribution >= 0.6 is 35.7 Å². The van der Waals surface area contributed by atoms with Crippen molar-refractivity contribution >= 4 is 41.7 Å². The summed E-state index contributed by atoms with van der Waals surface area (Å²) < 4.78 is 5.76. The van der Waals surface area contributed by atoms with Crippen molar-refractivity contribution in [2.75, 3.05) is 46.2 Å². The molecule has 126 valence electrons. The van der Waals surface area contributed by atoms with Crippen molar-refractivity contribution in [1.82, 2.24) is 10.2 Å². The van der Waals surface area contributed by atoms with Crippen molar-refractivity contribution in [1.29, 1.82) is 0 Å². The topological polar surface area (TPSA) is 36.9 Å². The quantitative estimate of drug-likeness (QED) is 0.383. The van der Waals surface area contributed by atoms with Crippen LogP contribution < -0.4 is 5.32 Å². The molecule has 0 aromatic heterocycles. The first kappa shape index (κ1) is 21.3. The van der Waals surface area contributed by atoms with Crippen molar-refractivity contribution in [3.63, 3.8) is 0 Å². The van der Waals surface area contributed by atoms with Gasteiger partial charge >= 0.3 is 0 Å². The summed E-state index contributed by atoms with van der Waals surface area (Å²) in [7, 11) is 2.13. The molecule has 1 rings (SSSR count). The SMILES string of the molecule is CCCCN(C)C(=NCC1(SC)CCOCC1)NCC.I. The molecule has 21 heavy (non-hydrogen) atoms. The smallest absolute Gasteiger partial charge is 0.193 e. The summed E-state index contributed by atoms with van der Waals surface area (Å²) >= 11 is 1.95. The number of halogens is 1. The van der Waals surface area contributed by atoms with E-state index in [9.17, 15) is 0 Å². The van der Waals surface area contributed by atoms with E-state index in [1.807, 2.05) is 11.8 Å². The normalized spacial score (nSPS) is 18.0. The van der Waals surface area contributed by atoms with E-state index in [-0.39, 0.29) is 28.7 Å². The molecule has 1 aliphatic rings. The van der Waals surface area contributed by atoms with Gasteiger partial charge in [-0.05, 0) is 32.4 Å². The van der Waals surface area contributed by atoms with Crippen LogP contribution in [0, 0.1) is 0 Å². The lowest BCUT2D eigenvalue weighted by molar-refractivity contribution is 0.0793. The highest BCUT2D eigenvalue weighted by molar-refractivity contribution is 14.0. The third-order valence-corrected chi connectivity index (χ3v) is 5.30. The molecule has 0 aromatic rings. The Kier molecular flexibility index (Phi) is 12.0. The number of ether oxygens (including phenoxy) is 1. The minimum atomic E-state index is 0. The Bertz CT molecular complexity index is 297. The van der Waals surface area contributed by atoms with Crippen LogP contribution in [0.4, 0.5) is 0 Å². The van der Waals surface area contributed by atoms with Crippen molar-refractivity contribution in [2.45, 2.75) is 44.3 Å². The predicted octanol–water partition coefficient (Wildman–Crippen LogP) is 3.21. The Morgan fingerprint density at radius 1 is 1.33 bits per heavy atom. The van der Waals surface area contributed by atoms with Crippen molar-refractivity contribution in [3.8, 4) is 0 Å². The number of nitrogens with zero attached hydrogens (tertiary/aromatic N) is 2. The first-order chi connectivity index (χ1) is 9.67. The van der Waals surface area contributed by atoms with Crippen molar-refractivity contribution in [2.24, 2.45) is 4.99 Å². The van der Waals surface area contributed by atoms with E-state index >= 15 is 0 Å². The Balaban J connectivity index is 0.00000400. The molecule has 6 heteroatoms. The van der Waals surface area contributed by atoms with Gasteiger partial charge in [-0.25, -0.2) is 0 Å². The van der Waals surface area contributed by atoms with Gasteiger partial charge < -0.3 is 15.0 Å². The highest BCUT2D eigenvalue weighted by atomic mass is 127. The molecule has 0 atom stereocenters. The lowest BCUT2D eigenvalue weighted by Crippen LogP contribution is -2.42. The maximum Gasteiger partial charge on any atom is 0.193 e. The van der Waals surface area contributed by atoms with Gasteiger partial charge in [0.05, 0.1) is 6.54 Å². The average molecular weight is 429 g/mol. The largest absolute Gasteiger partial charge is 0.381 e. The highest BCUT2D eigenvalue weighted by Gasteiger charge is 2.31. The molecule has 0 bridgehead atoms. The van der Waals surface area contributed by atoms with Gasteiger partial charge in [0.15, 0.2) is 5.96 Å². The average Bonchev–Trinajstić information content (AvgIpc) is 2.50. The zero-order valence-electron chi connectivity index (χ0n) is 14.0. The lowest BCUT2D eigenvalue weighted by atomic mass is 9.99. The van der Waals surface area contributed by atoms with E-state index in [4.69, 9.17) is 9.73 Å². The van der Waals surface area contributed by atoms with E-state index in [0.717, 1.165) is 51.6 Å². The van der Waals surface area contributed by atoms with Gasteiger partial charge in [-0.1, -0.05) is 13.3 Å². The van der Waals surface area contributed by atoms with Crippen LogP contribution in [0.3, 0.4) is 0 Å². The number of aliphatic imine (C=N–C) groups is 1. The Morgan fingerprint density at radius 3 is 2.52 bits per heavy atom. The number of hydrogen-bond donors (Lipinski definition) is 1. The molecule has 4 nitrogen and oxygen atoms in total. The minimum absolute atomic E-state index is 0. The van der Waals surface area contributed by atoms with E-state index in [0.29, 0.717) is 0 Å². The third-order valence-electron chi connectivity index (χ3n) is 3.90. The van der Waals surface area contributed by atoms with Gasteiger partial charge in [0, 0.05) is 38.1 Å². The fraction of sp³-hybridized carbons (Fsp3) is 0.933. The highest BCUT2D eigenvalue weighted by Crippen LogP contribution is 2.34. The second-order valence-corrected chi connectivity index (χ2v) is 6.72. The van der Waals surface area contributed by atoms with Crippen LogP contribution in [0.15, 0.2) is 4.99 Å². The third kappa shape index (κ3) is 7.41. The molecule has 0 spiro atoms. The van der Waals surface area contributed by atoms with Gasteiger partial charge in [0.1, 0.15) is 0 Å². The number of nitrogens with one attached hydrogen (secondary N) is 1. The second kappa shape index (κ2) is 11.8. The van der Waals surface area contributed by atoms with Crippen LogP contribution in [0.2, 0.25) is 0 Å². The summed E-state index contributed by atoms with van der Waals surface area (Å²) in [4.78, 5) is 7.14. The maximum atomic E-state index is 5.49. The summed E-state index contributed by atoms with van der Waals surface area (Å²) in [5, 5.41) is 3.41. The second-order valence-electron chi connectivity index (χ2n) is 5.44. The Labute approximate surface area is 151 Å².